The van der Waals surface area contributed by atoms with E-state index in [0.717, 1.165) is 24.3 Å². The molecule has 2 atom stereocenters. The van der Waals surface area contributed by atoms with Gasteiger partial charge in [0, 0.05) is 17.8 Å². The fourth-order valence-corrected chi connectivity index (χ4v) is 4.51. The van der Waals surface area contributed by atoms with Crippen LogP contribution in [0.3, 0.4) is 0 Å². The zero-order chi connectivity index (χ0) is 32.5. The third-order valence-corrected chi connectivity index (χ3v) is 6.34. The number of carbonyl (C=O) groups excluding carboxylic acids is 2. The number of nitrogens with one attached hydrogen (secondary N) is 2. The van der Waals surface area contributed by atoms with Crippen LogP contribution in [0.1, 0.15) is 59.5 Å². The van der Waals surface area contributed by atoms with Crippen molar-refractivity contribution >= 4 is 23.5 Å². The molecule has 0 spiro atoms. The molecule has 0 aliphatic heterocycles. The van der Waals surface area contributed by atoms with Gasteiger partial charge in [-0.05, 0) is 72.0 Å². The zero-order valence-electron chi connectivity index (χ0n) is 23.2. The maximum atomic E-state index is 13.7. The van der Waals surface area contributed by atoms with E-state index >= 15 is 0 Å². The molecule has 3 N–H and O–H groups in total. The van der Waals surface area contributed by atoms with Gasteiger partial charge in [-0.25, -0.2) is 0 Å². The van der Waals surface area contributed by atoms with Gasteiger partial charge in [0.1, 0.15) is 11.5 Å². The van der Waals surface area contributed by atoms with Crippen LogP contribution < -0.4 is 20.1 Å². The molecule has 3 aromatic rings. The van der Waals surface area contributed by atoms with E-state index < -0.39 is 53.8 Å². The Bertz CT molecular complexity index is 1410. The van der Waals surface area contributed by atoms with Gasteiger partial charge >= 0.3 is 18.7 Å². The van der Waals surface area contributed by atoms with E-state index in [9.17, 15) is 40.7 Å². The second kappa shape index (κ2) is 14.6. The third kappa shape index (κ3) is 10.5. The number of carbonyl (C=O) groups is 3. The van der Waals surface area contributed by atoms with Crippen LogP contribution in [0.25, 0.3) is 0 Å². The highest BCUT2D eigenvalue weighted by molar-refractivity contribution is 5.97. The Labute approximate surface area is 248 Å². The van der Waals surface area contributed by atoms with E-state index in [1.807, 2.05) is 6.92 Å². The van der Waals surface area contributed by atoms with Crippen molar-refractivity contribution in [2.24, 2.45) is 0 Å². The molecule has 44 heavy (non-hydrogen) atoms. The van der Waals surface area contributed by atoms with Crippen molar-refractivity contribution in [1.29, 1.82) is 0 Å². The van der Waals surface area contributed by atoms with Gasteiger partial charge in [0.2, 0.25) is 5.91 Å². The average molecular weight is 627 g/mol. The molecular formula is C30H28F6N2O6. The maximum Gasteiger partial charge on any atom is 0.573 e. The van der Waals surface area contributed by atoms with E-state index in [4.69, 9.17) is 5.11 Å². The number of benzene rings is 3. The van der Waals surface area contributed by atoms with Gasteiger partial charge in [0.15, 0.2) is 0 Å². The number of ether oxygens (including phenoxy) is 2. The predicted octanol–water partition coefficient (Wildman–Crippen LogP) is 6.99. The summed E-state index contributed by atoms with van der Waals surface area (Å²) in [4.78, 5) is 36.8. The number of anilines is 1. The topological polar surface area (TPSA) is 114 Å². The van der Waals surface area contributed by atoms with Crippen molar-refractivity contribution in [3.05, 3.63) is 89.5 Å². The number of carboxylic acids is 1. The summed E-state index contributed by atoms with van der Waals surface area (Å²) in [6.07, 6.45) is -9.07. The van der Waals surface area contributed by atoms with Crippen LogP contribution >= 0.6 is 0 Å². The Morgan fingerprint density at radius 1 is 0.773 bits per heavy atom. The molecular weight excluding hydrogens is 598 g/mol. The number of halogens is 6. The monoisotopic (exact) mass is 626 g/mol. The minimum atomic E-state index is -4.92. The lowest BCUT2D eigenvalue weighted by atomic mass is 9.78. The molecule has 236 valence electrons. The van der Waals surface area contributed by atoms with Gasteiger partial charge in [0.25, 0.3) is 5.91 Å². The summed E-state index contributed by atoms with van der Waals surface area (Å²) in [5.41, 5.74) is 1.35. The van der Waals surface area contributed by atoms with E-state index in [1.165, 1.54) is 36.4 Å². The minimum Gasteiger partial charge on any atom is -0.481 e. The number of hydrogen-bond acceptors (Lipinski definition) is 5. The summed E-state index contributed by atoms with van der Waals surface area (Å²) in [5, 5.41) is 13.9. The Hall–Kier alpha value is -4.75. The van der Waals surface area contributed by atoms with Gasteiger partial charge in [-0.3, -0.25) is 14.4 Å². The summed E-state index contributed by atoms with van der Waals surface area (Å²) in [5.74, 6) is -4.70. The largest absolute Gasteiger partial charge is 0.573 e. The Morgan fingerprint density at radius 3 is 1.75 bits per heavy atom. The van der Waals surface area contributed by atoms with Crippen LogP contribution in [0.15, 0.2) is 72.8 Å². The number of hydrogen-bond donors (Lipinski definition) is 3. The van der Waals surface area contributed by atoms with Crippen molar-refractivity contribution in [3.63, 3.8) is 0 Å². The number of aliphatic carboxylic acids is 1. The van der Waals surface area contributed by atoms with Gasteiger partial charge in [-0.1, -0.05) is 37.6 Å². The van der Waals surface area contributed by atoms with Crippen LogP contribution in [-0.4, -0.2) is 42.2 Å². The highest BCUT2D eigenvalue weighted by atomic mass is 19.4. The van der Waals surface area contributed by atoms with Crippen LogP contribution in [0.2, 0.25) is 0 Å². The SMILES string of the molecule is CCCC(c1ccc(C(=O)NCCC(=O)O)cc1)[C@H](C(=O)Nc1ccc(OC(F)(F)F)cc1)c1ccc(OC(F)(F)F)cc1. The van der Waals surface area contributed by atoms with E-state index in [-0.39, 0.29) is 24.2 Å². The predicted molar refractivity (Wildman–Crippen MR) is 146 cm³/mol. The summed E-state index contributed by atoms with van der Waals surface area (Å²) >= 11 is 0. The quantitative estimate of drug-likeness (QED) is 0.176. The molecule has 8 nitrogen and oxygen atoms in total. The van der Waals surface area contributed by atoms with Crippen molar-refractivity contribution < 1.29 is 55.3 Å². The molecule has 14 heteroatoms. The normalized spacial score (nSPS) is 13.0. The fourth-order valence-electron chi connectivity index (χ4n) is 4.51. The van der Waals surface area contributed by atoms with Crippen molar-refractivity contribution in [2.75, 3.05) is 11.9 Å². The first-order valence-electron chi connectivity index (χ1n) is 13.3. The fraction of sp³-hybridized carbons (Fsp3) is 0.300. The summed E-state index contributed by atoms with van der Waals surface area (Å²) in [6.45, 7) is 1.79. The molecule has 2 amide bonds. The first-order valence-corrected chi connectivity index (χ1v) is 13.3. The van der Waals surface area contributed by atoms with Gasteiger partial charge < -0.3 is 25.2 Å². The Balaban J connectivity index is 1.93. The van der Waals surface area contributed by atoms with Crippen molar-refractivity contribution in [3.8, 4) is 11.5 Å². The number of carboxylic acid groups (broad SMARTS) is 1. The lowest BCUT2D eigenvalue weighted by Gasteiger charge is -2.28. The van der Waals surface area contributed by atoms with Crippen LogP contribution in [-0.2, 0) is 9.59 Å². The Morgan fingerprint density at radius 2 is 1.27 bits per heavy atom. The smallest absolute Gasteiger partial charge is 0.481 e. The molecule has 3 rings (SSSR count). The number of alkyl halides is 6. The summed E-state index contributed by atoms with van der Waals surface area (Å²) in [7, 11) is 0. The van der Waals surface area contributed by atoms with Crippen LogP contribution in [0, 0.1) is 0 Å². The van der Waals surface area contributed by atoms with E-state index in [2.05, 4.69) is 20.1 Å². The minimum absolute atomic E-state index is 0.0754. The molecule has 0 radical (unpaired) electrons. The maximum absolute atomic E-state index is 13.7. The van der Waals surface area contributed by atoms with Gasteiger partial charge in [-0.15, -0.1) is 26.3 Å². The molecule has 3 aromatic carbocycles. The van der Waals surface area contributed by atoms with Crippen molar-refractivity contribution in [1.82, 2.24) is 5.32 Å². The summed E-state index contributed by atoms with van der Waals surface area (Å²) < 4.78 is 83.6. The lowest BCUT2D eigenvalue weighted by molar-refractivity contribution is -0.275. The van der Waals surface area contributed by atoms with Crippen LogP contribution in [0.4, 0.5) is 32.0 Å². The second-order valence-electron chi connectivity index (χ2n) is 9.57. The van der Waals surface area contributed by atoms with Gasteiger partial charge in [-0.2, -0.15) is 0 Å². The Kier molecular flexibility index (Phi) is 11.2. The van der Waals surface area contributed by atoms with Crippen molar-refractivity contribution in [2.45, 2.75) is 50.7 Å². The van der Waals surface area contributed by atoms with Crippen LogP contribution in [0.5, 0.6) is 11.5 Å². The molecule has 0 heterocycles. The molecule has 0 aromatic heterocycles. The second-order valence-corrected chi connectivity index (χ2v) is 9.57. The molecule has 1 unspecified atom stereocenters. The highest BCUT2D eigenvalue weighted by Crippen LogP contribution is 2.39. The average Bonchev–Trinajstić information content (AvgIpc) is 2.93. The molecule has 0 aliphatic rings. The lowest BCUT2D eigenvalue weighted by Crippen LogP contribution is -2.27. The highest BCUT2D eigenvalue weighted by Gasteiger charge is 2.34. The van der Waals surface area contributed by atoms with E-state index in [0.29, 0.717) is 24.0 Å². The zero-order valence-corrected chi connectivity index (χ0v) is 23.2. The molecule has 0 bridgehead atoms. The van der Waals surface area contributed by atoms with E-state index in [1.54, 1.807) is 12.1 Å². The third-order valence-electron chi connectivity index (χ3n) is 6.34. The molecule has 0 saturated heterocycles. The first-order chi connectivity index (χ1) is 20.6. The molecule has 0 saturated carbocycles. The molecule has 0 fully saturated rings. The number of rotatable bonds is 13. The van der Waals surface area contributed by atoms with Gasteiger partial charge in [0.05, 0.1) is 12.3 Å². The number of amides is 2. The summed E-state index contributed by atoms with van der Waals surface area (Å²) in [6, 6.07) is 15.5. The standard InChI is InChI=1S/C30H28F6N2O6/c1-2-3-24(18-4-6-20(7-5-18)27(41)37-17-16-25(39)40)26(19-8-12-22(13-9-19)43-29(31,32)33)28(42)38-21-10-14-23(15-11-21)44-30(34,35)36/h4-15,24,26H,2-3,16-17H2,1H3,(H,37,41)(H,38,42)(H,39,40)/t24?,26-/m1/s1. The first kappa shape index (κ1) is 33.7. The molecule has 0 aliphatic carbocycles.